The van der Waals surface area contributed by atoms with Crippen LogP contribution in [0.15, 0.2) is 11.8 Å². The topological polar surface area (TPSA) is 93.1 Å². The average molecular weight is 274 g/mol. The summed E-state index contributed by atoms with van der Waals surface area (Å²) in [6.07, 6.45) is 2.20. The Morgan fingerprint density at radius 1 is 1.11 bits per heavy atom. The number of rotatable bonds is 8. The summed E-state index contributed by atoms with van der Waals surface area (Å²) in [4.78, 5) is 22.8. The SMILES string of the molecule is CCCC(=O)OC(O)(C/C=C(\C)O)OC(=O)CCC. The van der Waals surface area contributed by atoms with Crippen molar-refractivity contribution >= 4 is 11.9 Å². The summed E-state index contributed by atoms with van der Waals surface area (Å²) in [6.45, 7) is 4.95. The molecule has 19 heavy (non-hydrogen) atoms. The van der Waals surface area contributed by atoms with Gasteiger partial charge in [-0.3, -0.25) is 9.59 Å². The van der Waals surface area contributed by atoms with Crippen molar-refractivity contribution < 1.29 is 29.3 Å². The largest absolute Gasteiger partial charge is 0.513 e. The minimum absolute atomic E-state index is 0.0727. The third-order valence-electron chi connectivity index (χ3n) is 2.11. The van der Waals surface area contributed by atoms with Crippen LogP contribution in [0.4, 0.5) is 0 Å². The lowest BCUT2D eigenvalue weighted by Gasteiger charge is -2.26. The minimum atomic E-state index is -2.36. The predicted octanol–water partition coefficient (Wildman–Crippen LogP) is 2.17. The second-order valence-corrected chi connectivity index (χ2v) is 4.21. The van der Waals surface area contributed by atoms with Gasteiger partial charge in [-0.2, -0.15) is 0 Å². The maximum atomic E-state index is 11.4. The van der Waals surface area contributed by atoms with E-state index in [2.05, 4.69) is 0 Å². The molecule has 6 heteroatoms. The quantitative estimate of drug-likeness (QED) is 0.400. The standard InChI is InChI=1S/C13H22O6/c1-4-6-11(15)18-13(17,9-8-10(3)14)19-12(16)7-5-2/h8,14,17H,4-7,9H2,1-3H3/b10-8+. The lowest BCUT2D eigenvalue weighted by atomic mass is 10.3. The molecular weight excluding hydrogens is 252 g/mol. The Morgan fingerprint density at radius 3 is 1.84 bits per heavy atom. The zero-order chi connectivity index (χ0) is 14.9. The first-order chi connectivity index (χ1) is 8.83. The minimum Gasteiger partial charge on any atom is -0.513 e. The molecule has 0 unspecified atom stereocenters. The Hall–Kier alpha value is -1.56. The molecule has 0 saturated heterocycles. The number of carbonyl (C=O) groups is 2. The molecule has 0 aliphatic heterocycles. The Kier molecular flexibility index (Phi) is 7.83. The predicted molar refractivity (Wildman–Crippen MR) is 68.0 cm³/mol. The van der Waals surface area contributed by atoms with Gasteiger partial charge < -0.3 is 19.7 Å². The molecule has 0 atom stereocenters. The lowest BCUT2D eigenvalue weighted by Crippen LogP contribution is -2.39. The molecule has 0 aromatic rings. The summed E-state index contributed by atoms with van der Waals surface area (Å²) in [6, 6.07) is 0. The van der Waals surface area contributed by atoms with Crippen molar-refractivity contribution in [2.75, 3.05) is 0 Å². The molecule has 0 aromatic carbocycles. The van der Waals surface area contributed by atoms with E-state index in [4.69, 9.17) is 14.6 Å². The van der Waals surface area contributed by atoms with Gasteiger partial charge in [0.05, 0.1) is 12.2 Å². The van der Waals surface area contributed by atoms with E-state index in [1.807, 2.05) is 0 Å². The lowest BCUT2D eigenvalue weighted by molar-refractivity contribution is -0.323. The van der Waals surface area contributed by atoms with Crippen LogP contribution in [-0.2, 0) is 19.1 Å². The molecule has 110 valence electrons. The van der Waals surface area contributed by atoms with Gasteiger partial charge in [0.25, 0.3) is 0 Å². The van der Waals surface area contributed by atoms with E-state index in [9.17, 15) is 14.7 Å². The molecule has 0 saturated carbocycles. The molecule has 0 heterocycles. The van der Waals surface area contributed by atoms with E-state index < -0.39 is 17.9 Å². The Bertz CT molecular complexity index is 310. The van der Waals surface area contributed by atoms with Gasteiger partial charge >= 0.3 is 17.9 Å². The molecule has 0 aliphatic rings. The number of hydrogen-bond donors (Lipinski definition) is 2. The van der Waals surface area contributed by atoms with Crippen molar-refractivity contribution in [2.45, 2.75) is 58.8 Å². The first-order valence-corrected chi connectivity index (χ1v) is 6.34. The summed E-state index contributed by atoms with van der Waals surface area (Å²) in [5.41, 5.74) is 0. The number of esters is 2. The number of carbonyl (C=O) groups excluding carboxylic acids is 2. The van der Waals surface area contributed by atoms with Gasteiger partial charge in [0.2, 0.25) is 0 Å². The van der Waals surface area contributed by atoms with Crippen LogP contribution in [0.3, 0.4) is 0 Å². The van der Waals surface area contributed by atoms with Crippen LogP contribution in [-0.4, -0.2) is 28.1 Å². The maximum absolute atomic E-state index is 11.4. The van der Waals surface area contributed by atoms with Crippen molar-refractivity contribution in [3.8, 4) is 0 Å². The maximum Gasteiger partial charge on any atom is 0.377 e. The number of hydrogen-bond acceptors (Lipinski definition) is 6. The van der Waals surface area contributed by atoms with Gasteiger partial charge in [0.15, 0.2) is 0 Å². The van der Waals surface area contributed by atoms with Crippen LogP contribution in [0.2, 0.25) is 0 Å². The van der Waals surface area contributed by atoms with Gasteiger partial charge in [-0.05, 0) is 25.8 Å². The molecule has 0 aliphatic carbocycles. The van der Waals surface area contributed by atoms with Gasteiger partial charge in [0.1, 0.15) is 0 Å². The van der Waals surface area contributed by atoms with Gasteiger partial charge in [-0.15, -0.1) is 0 Å². The molecule has 0 fully saturated rings. The van der Waals surface area contributed by atoms with Crippen LogP contribution in [0.5, 0.6) is 0 Å². The van der Waals surface area contributed by atoms with Gasteiger partial charge in [-0.25, -0.2) is 0 Å². The van der Waals surface area contributed by atoms with E-state index in [0.29, 0.717) is 12.8 Å². The monoisotopic (exact) mass is 274 g/mol. The molecule has 0 radical (unpaired) electrons. The Balaban J connectivity index is 4.74. The van der Waals surface area contributed by atoms with Crippen LogP contribution in [0, 0.1) is 0 Å². The zero-order valence-electron chi connectivity index (χ0n) is 11.6. The van der Waals surface area contributed by atoms with E-state index in [0.717, 1.165) is 0 Å². The van der Waals surface area contributed by atoms with Crippen LogP contribution in [0.1, 0.15) is 52.9 Å². The molecule has 0 amide bonds. The Morgan fingerprint density at radius 2 is 1.53 bits per heavy atom. The highest BCUT2D eigenvalue weighted by Gasteiger charge is 2.35. The fraction of sp³-hybridized carbons (Fsp3) is 0.692. The molecular formula is C13H22O6. The highest BCUT2D eigenvalue weighted by Crippen LogP contribution is 2.19. The summed E-state index contributed by atoms with van der Waals surface area (Å²) in [7, 11) is 0. The second-order valence-electron chi connectivity index (χ2n) is 4.21. The van der Waals surface area contributed by atoms with E-state index in [1.165, 1.54) is 13.0 Å². The smallest absolute Gasteiger partial charge is 0.377 e. The highest BCUT2D eigenvalue weighted by atomic mass is 16.8. The molecule has 0 rings (SSSR count). The number of ether oxygens (including phenoxy) is 2. The van der Waals surface area contributed by atoms with Crippen LogP contribution in [0.25, 0.3) is 0 Å². The number of aliphatic hydroxyl groups is 2. The zero-order valence-corrected chi connectivity index (χ0v) is 11.6. The second kappa shape index (κ2) is 8.53. The van der Waals surface area contributed by atoms with Gasteiger partial charge in [0, 0.05) is 12.8 Å². The van der Waals surface area contributed by atoms with Crippen LogP contribution >= 0.6 is 0 Å². The van der Waals surface area contributed by atoms with E-state index in [1.54, 1.807) is 13.8 Å². The first-order valence-electron chi connectivity index (χ1n) is 6.34. The molecule has 0 bridgehead atoms. The van der Waals surface area contributed by atoms with Crippen molar-refractivity contribution in [1.82, 2.24) is 0 Å². The molecule has 2 N–H and O–H groups in total. The van der Waals surface area contributed by atoms with Crippen molar-refractivity contribution in [3.63, 3.8) is 0 Å². The fourth-order valence-electron chi connectivity index (χ4n) is 1.25. The molecule has 0 spiro atoms. The van der Waals surface area contributed by atoms with Crippen molar-refractivity contribution in [1.29, 1.82) is 0 Å². The van der Waals surface area contributed by atoms with E-state index >= 15 is 0 Å². The average Bonchev–Trinajstić information content (AvgIpc) is 2.26. The van der Waals surface area contributed by atoms with E-state index in [-0.39, 0.29) is 25.0 Å². The van der Waals surface area contributed by atoms with Gasteiger partial charge in [-0.1, -0.05) is 13.8 Å². The molecule has 0 aromatic heterocycles. The first kappa shape index (κ1) is 17.4. The number of aliphatic hydroxyl groups excluding tert-OH is 1. The summed E-state index contributed by atoms with van der Waals surface area (Å²) in [5.74, 6) is -3.77. The number of allylic oxidation sites excluding steroid dienone is 1. The fourth-order valence-corrected chi connectivity index (χ4v) is 1.25. The Labute approximate surface area is 113 Å². The summed E-state index contributed by atoms with van der Waals surface area (Å²) >= 11 is 0. The summed E-state index contributed by atoms with van der Waals surface area (Å²) < 4.78 is 9.53. The summed E-state index contributed by atoms with van der Waals surface area (Å²) in [5, 5.41) is 19.1. The normalized spacial score (nSPS) is 12.1. The highest BCUT2D eigenvalue weighted by molar-refractivity contribution is 5.71. The van der Waals surface area contributed by atoms with Crippen molar-refractivity contribution in [2.24, 2.45) is 0 Å². The third kappa shape index (κ3) is 8.20. The van der Waals surface area contributed by atoms with Crippen molar-refractivity contribution in [3.05, 3.63) is 11.8 Å². The third-order valence-corrected chi connectivity index (χ3v) is 2.11. The molecule has 6 nitrogen and oxygen atoms in total. The van der Waals surface area contributed by atoms with Crippen LogP contribution < -0.4 is 0 Å².